The smallest absolute Gasteiger partial charge is 0.305 e. The van der Waals surface area contributed by atoms with Gasteiger partial charge in [0, 0.05) is 23.4 Å². The van der Waals surface area contributed by atoms with Crippen LogP contribution in [0, 0.1) is 13.8 Å². The minimum atomic E-state index is -0.234. The van der Waals surface area contributed by atoms with E-state index < -0.39 is 0 Å². The van der Waals surface area contributed by atoms with Gasteiger partial charge in [-0.25, -0.2) is 4.68 Å². The lowest BCUT2D eigenvalue weighted by Gasteiger charge is -2.08. The molecule has 0 radical (unpaired) electrons. The predicted molar refractivity (Wildman–Crippen MR) is 106 cm³/mol. The van der Waals surface area contributed by atoms with E-state index in [1.54, 1.807) is 23.9 Å². The third-order valence-electron chi connectivity index (χ3n) is 4.43. The first-order valence-corrected chi connectivity index (χ1v) is 9.69. The first-order chi connectivity index (χ1) is 13.0. The summed E-state index contributed by atoms with van der Waals surface area (Å²) in [5.74, 6) is 0.508. The van der Waals surface area contributed by atoms with Crippen molar-refractivity contribution < 1.29 is 14.3 Å². The molecule has 1 aliphatic heterocycles. The lowest BCUT2D eigenvalue weighted by molar-refractivity contribution is -0.140. The molecule has 2 heterocycles. The second-order valence-electron chi connectivity index (χ2n) is 6.17. The van der Waals surface area contributed by atoms with Crippen molar-refractivity contribution in [3.8, 4) is 5.69 Å². The number of methoxy groups -OCH3 is 1. The fourth-order valence-corrected chi connectivity index (χ4v) is 3.67. The third-order valence-corrected chi connectivity index (χ3v) is 5.32. The molecule has 0 saturated carbocycles. The van der Waals surface area contributed by atoms with Crippen LogP contribution in [-0.4, -0.2) is 46.2 Å². The average Bonchev–Trinajstić information content (AvgIpc) is 3.28. The number of aryl methyl sites for hydroxylation is 1. The number of rotatable bonds is 5. The number of hydrogen-bond acceptors (Lipinski definition) is 6. The molecular formula is C19H22N4O3S. The summed E-state index contributed by atoms with van der Waals surface area (Å²) < 4.78 is 6.55. The van der Waals surface area contributed by atoms with Crippen LogP contribution < -0.4 is 5.32 Å². The number of carbonyl (C=O) groups excluding carboxylic acids is 2. The highest BCUT2D eigenvalue weighted by Gasteiger charge is 2.16. The molecule has 0 unspecified atom stereocenters. The molecule has 0 fully saturated rings. The monoisotopic (exact) mass is 386 g/mol. The summed E-state index contributed by atoms with van der Waals surface area (Å²) >= 11 is 1.55. The summed E-state index contributed by atoms with van der Waals surface area (Å²) in [6.07, 6.45) is 0.912. The second-order valence-corrected chi connectivity index (χ2v) is 7.26. The van der Waals surface area contributed by atoms with E-state index in [9.17, 15) is 9.59 Å². The van der Waals surface area contributed by atoms with Crippen LogP contribution in [0.1, 0.15) is 33.7 Å². The van der Waals surface area contributed by atoms with Gasteiger partial charge in [0.05, 0.1) is 25.0 Å². The minimum Gasteiger partial charge on any atom is -0.469 e. The number of ether oxygens (including phenoxy) is 1. The van der Waals surface area contributed by atoms with Gasteiger partial charge < -0.3 is 10.1 Å². The van der Waals surface area contributed by atoms with Crippen molar-refractivity contribution in [1.29, 1.82) is 0 Å². The van der Waals surface area contributed by atoms with Crippen LogP contribution in [0.5, 0.6) is 0 Å². The van der Waals surface area contributed by atoms with Gasteiger partial charge in [-0.1, -0.05) is 11.8 Å². The Hall–Kier alpha value is -2.61. The molecule has 7 nitrogen and oxygen atoms in total. The third kappa shape index (κ3) is 4.39. The number of thioether (sulfide) groups is 1. The molecule has 1 amide bonds. The molecule has 3 rings (SSSR count). The van der Waals surface area contributed by atoms with Gasteiger partial charge in [0.2, 0.25) is 0 Å². The molecule has 0 bridgehead atoms. The van der Waals surface area contributed by atoms with E-state index in [4.69, 9.17) is 4.74 Å². The van der Waals surface area contributed by atoms with Gasteiger partial charge in [-0.15, -0.1) is 0 Å². The number of carbonyl (C=O) groups is 2. The number of esters is 1. The van der Waals surface area contributed by atoms with E-state index in [1.165, 1.54) is 7.11 Å². The van der Waals surface area contributed by atoms with E-state index in [0.717, 1.165) is 34.9 Å². The van der Waals surface area contributed by atoms with Gasteiger partial charge in [0.25, 0.3) is 5.91 Å². The number of aliphatic imine (C=N–C) groups is 1. The number of amides is 1. The molecule has 0 atom stereocenters. The molecule has 142 valence electrons. The van der Waals surface area contributed by atoms with E-state index in [0.29, 0.717) is 23.6 Å². The first-order valence-electron chi connectivity index (χ1n) is 8.70. The van der Waals surface area contributed by atoms with Crippen LogP contribution >= 0.6 is 11.8 Å². The van der Waals surface area contributed by atoms with Gasteiger partial charge in [-0.3, -0.25) is 14.6 Å². The van der Waals surface area contributed by atoms with E-state index in [2.05, 4.69) is 15.4 Å². The molecule has 1 aromatic carbocycles. The molecule has 2 aromatic rings. The van der Waals surface area contributed by atoms with E-state index in [-0.39, 0.29) is 11.9 Å². The van der Waals surface area contributed by atoms with Gasteiger partial charge >= 0.3 is 5.97 Å². The molecule has 0 aliphatic carbocycles. The number of nitrogens with zero attached hydrogens (tertiary/aromatic N) is 3. The maximum atomic E-state index is 12.3. The summed E-state index contributed by atoms with van der Waals surface area (Å²) in [6.45, 7) is 4.65. The van der Waals surface area contributed by atoms with Crippen LogP contribution in [0.15, 0.2) is 29.3 Å². The summed E-state index contributed by atoms with van der Waals surface area (Å²) in [4.78, 5) is 27.9. The van der Waals surface area contributed by atoms with Crippen molar-refractivity contribution in [2.45, 2.75) is 26.7 Å². The Labute approximate surface area is 162 Å². The summed E-state index contributed by atoms with van der Waals surface area (Å²) in [6, 6.07) is 7.27. The molecule has 0 spiro atoms. The number of amidine groups is 1. The van der Waals surface area contributed by atoms with Crippen molar-refractivity contribution >= 4 is 28.8 Å². The van der Waals surface area contributed by atoms with Gasteiger partial charge in [-0.2, -0.15) is 5.10 Å². The fourth-order valence-electron chi connectivity index (χ4n) is 2.95. The Morgan fingerprint density at radius 3 is 2.63 bits per heavy atom. The zero-order valence-electron chi connectivity index (χ0n) is 15.6. The highest BCUT2D eigenvalue weighted by atomic mass is 32.2. The lowest BCUT2D eigenvalue weighted by Crippen LogP contribution is -2.27. The first kappa shape index (κ1) is 19.2. The zero-order valence-corrected chi connectivity index (χ0v) is 16.4. The molecular weight excluding hydrogens is 364 g/mol. The van der Waals surface area contributed by atoms with E-state index in [1.807, 2.05) is 30.7 Å². The van der Waals surface area contributed by atoms with E-state index >= 15 is 0 Å². The Balaban J connectivity index is 1.75. The number of benzene rings is 1. The lowest BCUT2D eigenvalue weighted by atomic mass is 10.1. The summed E-state index contributed by atoms with van der Waals surface area (Å²) in [5, 5.41) is 8.08. The standard InChI is InChI=1S/C19H22N4O3S/c1-12-16(8-9-17(24)26-3)13(2)23(22-12)15-6-4-14(5-7-15)18(25)21-19-20-10-11-27-19/h4-7H,8-11H2,1-3H3,(H,20,21,25). The Kier molecular flexibility index (Phi) is 5.95. The number of nitrogens with one attached hydrogen (secondary N) is 1. The van der Waals surface area contributed by atoms with Gasteiger partial charge in [-0.05, 0) is 50.1 Å². The van der Waals surface area contributed by atoms with Crippen LogP contribution in [0.3, 0.4) is 0 Å². The SMILES string of the molecule is COC(=O)CCc1c(C)nn(-c2ccc(C(=O)NC3=NCCS3)cc2)c1C. The Bertz CT molecular complexity index is 887. The summed E-state index contributed by atoms with van der Waals surface area (Å²) in [7, 11) is 1.39. The molecule has 8 heteroatoms. The highest BCUT2D eigenvalue weighted by molar-refractivity contribution is 8.14. The highest BCUT2D eigenvalue weighted by Crippen LogP contribution is 2.20. The number of aromatic nitrogens is 2. The Morgan fingerprint density at radius 1 is 1.26 bits per heavy atom. The predicted octanol–water partition coefficient (Wildman–Crippen LogP) is 2.43. The Morgan fingerprint density at radius 2 is 2.00 bits per heavy atom. The molecule has 1 N–H and O–H groups in total. The second kappa shape index (κ2) is 8.39. The molecule has 1 aliphatic rings. The fraction of sp³-hybridized carbons (Fsp3) is 0.368. The average molecular weight is 386 g/mol. The van der Waals surface area contributed by atoms with Crippen LogP contribution in [0.4, 0.5) is 0 Å². The van der Waals surface area contributed by atoms with Gasteiger partial charge in [0.15, 0.2) is 5.17 Å². The largest absolute Gasteiger partial charge is 0.469 e. The normalized spacial score (nSPS) is 13.4. The maximum absolute atomic E-state index is 12.3. The van der Waals surface area contributed by atoms with Crippen LogP contribution in [-0.2, 0) is 16.0 Å². The van der Waals surface area contributed by atoms with Crippen molar-refractivity contribution in [2.75, 3.05) is 19.4 Å². The minimum absolute atomic E-state index is 0.165. The van der Waals surface area contributed by atoms with Gasteiger partial charge in [0.1, 0.15) is 0 Å². The summed E-state index contributed by atoms with van der Waals surface area (Å²) in [5.41, 5.74) is 4.34. The van der Waals surface area contributed by atoms with Crippen molar-refractivity contribution in [2.24, 2.45) is 4.99 Å². The van der Waals surface area contributed by atoms with Crippen LogP contribution in [0.25, 0.3) is 5.69 Å². The quantitative estimate of drug-likeness (QED) is 0.798. The molecule has 1 aromatic heterocycles. The molecule has 0 saturated heterocycles. The topological polar surface area (TPSA) is 85.6 Å². The van der Waals surface area contributed by atoms with Crippen LogP contribution in [0.2, 0.25) is 0 Å². The van der Waals surface area contributed by atoms with Crippen molar-refractivity contribution in [1.82, 2.24) is 15.1 Å². The zero-order chi connectivity index (χ0) is 19.4. The maximum Gasteiger partial charge on any atom is 0.305 e. The van der Waals surface area contributed by atoms with Crippen molar-refractivity contribution in [3.63, 3.8) is 0 Å². The van der Waals surface area contributed by atoms with Crippen molar-refractivity contribution in [3.05, 3.63) is 46.8 Å². The number of hydrogen-bond donors (Lipinski definition) is 1. The molecule has 27 heavy (non-hydrogen) atoms.